The average Bonchev–Trinajstić information content (AvgIpc) is 2.95. The van der Waals surface area contributed by atoms with Crippen LogP contribution in [0.2, 0.25) is 0 Å². The summed E-state index contributed by atoms with van der Waals surface area (Å²) < 4.78 is 0. The predicted molar refractivity (Wildman–Crippen MR) is 81.4 cm³/mol. The molecule has 0 saturated heterocycles. The van der Waals surface area contributed by atoms with Gasteiger partial charge in [0.25, 0.3) is 0 Å². The Bertz CT molecular complexity index is 327. The maximum atomic E-state index is 10.4. The fraction of sp³-hybridized carbons (Fsp3) is 0.812. The maximum absolute atomic E-state index is 10.4. The van der Waals surface area contributed by atoms with Crippen LogP contribution in [-0.2, 0) is 4.79 Å². The summed E-state index contributed by atoms with van der Waals surface area (Å²) in [6.07, 6.45) is 14.4. The number of rotatable bonds is 8. The number of fused-ring (bicyclic) bond motifs is 2. The fourth-order valence-corrected chi connectivity index (χ4v) is 5.00. The lowest BCUT2D eigenvalue weighted by atomic mass is 9.78. The zero-order chi connectivity index (χ0) is 13.7. The van der Waals surface area contributed by atoms with E-state index in [-0.39, 0.29) is 0 Å². The SMILES string of the molecule is CSC[C@@H]1[C@@H]2CC[C@@H](C2)[C@@H]1C/C=C\CCCC(=O)O. The molecular formula is C16H26O2S. The number of hydrogen-bond acceptors (Lipinski definition) is 2. The van der Waals surface area contributed by atoms with E-state index in [1.54, 1.807) is 0 Å². The van der Waals surface area contributed by atoms with Gasteiger partial charge in [-0.25, -0.2) is 0 Å². The molecule has 2 nitrogen and oxygen atoms in total. The van der Waals surface area contributed by atoms with Crippen LogP contribution in [0, 0.1) is 23.7 Å². The Balaban J connectivity index is 1.72. The first-order valence-corrected chi connectivity index (χ1v) is 8.97. The highest BCUT2D eigenvalue weighted by Crippen LogP contribution is 2.54. The number of carboxylic acids is 1. The first-order chi connectivity index (χ1) is 9.22. The van der Waals surface area contributed by atoms with Gasteiger partial charge in [-0.1, -0.05) is 12.2 Å². The number of aliphatic carboxylic acids is 1. The van der Waals surface area contributed by atoms with E-state index >= 15 is 0 Å². The zero-order valence-corrected chi connectivity index (χ0v) is 12.7. The highest BCUT2D eigenvalue weighted by atomic mass is 32.2. The second-order valence-electron chi connectivity index (χ2n) is 6.11. The van der Waals surface area contributed by atoms with Crippen LogP contribution in [0.4, 0.5) is 0 Å². The quantitative estimate of drug-likeness (QED) is 0.535. The molecular weight excluding hydrogens is 256 g/mol. The third kappa shape index (κ3) is 4.01. The lowest BCUT2D eigenvalue weighted by Gasteiger charge is -2.30. The van der Waals surface area contributed by atoms with Crippen LogP contribution >= 0.6 is 11.8 Å². The van der Waals surface area contributed by atoms with Crippen LogP contribution in [0.5, 0.6) is 0 Å². The van der Waals surface area contributed by atoms with Gasteiger partial charge in [-0.15, -0.1) is 0 Å². The number of carboxylic acid groups (broad SMARTS) is 1. The third-order valence-corrected chi connectivity index (χ3v) is 5.69. The molecule has 0 aromatic heterocycles. The number of allylic oxidation sites excluding steroid dienone is 2. The van der Waals surface area contributed by atoms with Crippen LogP contribution in [0.3, 0.4) is 0 Å². The third-order valence-electron chi connectivity index (χ3n) is 4.97. The Morgan fingerprint density at radius 3 is 2.68 bits per heavy atom. The van der Waals surface area contributed by atoms with E-state index in [1.165, 1.54) is 31.4 Å². The molecule has 2 fully saturated rings. The monoisotopic (exact) mass is 282 g/mol. The highest BCUT2D eigenvalue weighted by molar-refractivity contribution is 7.98. The van der Waals surface area contributed by atoms with Gasteiger partial charge in [-0.2, -0.15) is 11.8 Å². The minimum atomic E-state index is -0.679. The molecule has 0 heterocycles. The van der Waals surface area contributed by atoms with Crippen molar-refractivity contribution in [2.24, 2.45) is 23.7 Å². The van der Waals surface area contributed by atoms with Gasteiger partial charge in [-0.3, -0.25) is 4.79 Å². The lowest BCUT2D eigenvalue weighted by Crippen LogP contribution is -2.23. The molecule has 2 rings (SSSR count). The Labute approximate surface area is 121 Å². The summed E-state index contributed by atoms with van der Waals surface area (Å²) in [5.41, 5.74) is 0. The molecule has 2 aliphatic rings. The van der Waals surface area contributed by atoms with Crippen molar-refractivity contribution in [1.82, 2.24) is 0 Å². The molecule has 1 N–H and O–H groups in total. The molecule has 0 aliphatic heterocycles. The second kappa shape index (κ2) is 7.37. The second-order valence-corrected chi connectivity index (χ2v) is 7.02. The standard InChI is InChI=1S/C16H26O2S/c1-19-11-15-13-9-8-12(10-13)14(15)6-4-2-3-5-7-16(17)18/h2,4,12-15H,3,5-11H2,1H3,(H,17,18)/b4-2-/t12-,13+,14-,15+/m0/s1. The van der Waals surface area contributed by atoms with Crippen LogP contribution in [-0.4, -0.2) is 23.1 Å². The number of carbonyl (C=O) groups is 1. The molecule has 0 amide bonds. The van der Waals surface area contributed by atoms with Gasteiger partial charge < -0.3 is 5.11 Å². The first-order valence-electron chi connectivity index (χ1n) is 7.58. The number of thioether (sulfide) groups is 1. The Kier molecular flexibility index (Phi) is 5.80. The van der Waals surface area contributed by atoms with Crippen molar-refractivity contribution in [3.63, 3.8) is 0 Å². The van der Waals surface area contributed by atoms with Gasteiger partial charge in [0.05, 0.1) is 0 Å². The molecule has 0 unspecified atom stereocenters. The van der Waals surface area contributed by atoms with Gasteiger partial charge in [-0.05, 0) is 74.2 Å². The molecule has 2 bridgehead atoms. The molecule has 0 spiro atoms. The van der Waals surface area contributed by atoms with Crippen molar-refractivity contribution in [3.05, 3.63) is 12.2 Å². The molecule has 19 heavy (non-hydrogen) atoms. The molecule has 4 atom stereocenters. The van der Waals surface area contributed by atoms with Gasteiger partial charge >= 0.3 is 5.97 Å². The van der Waals surface area contributed by atoms with Crippen LogP contribution in [0.15, 0.2) is 12.2 Å². The molecule has 0 aromatic rings. The number of hydrogen-bond donors (Lipinski definition) is 1. The topological polar surface area (TPSA) is 37.3 Å². The Hall–Kier alpha value is -0.440. The summed E-state index contributed by atoms with van der Waals surface area (Å²) in [5.74, 6) is 4.48. The van der Waals surface area contributed by atoms with Crippen molar-refractivity contribution in [3.8, 4) is 0 Å². The summed E-state index contributed by atoms with van der Waals surface area (Å²) in [6.45, 7) is 0. The van der Waals surface area contributed by atoms with Crippen molar-refractivity contribution < 1.29 is 9.90 Å². The largest absolute Gasteiger partial charge is 0.481 e. The molecule has 2 saturated carbocycles. The van der Waals surface area contributed by atoms with E-state index in [2.05, 4.69) is 18.4 Å². The van der Waals surface area contributed by atoms with Crippen molar-refractivity contribution in [2.75, 3.05) is 12.0 Å². The normalized spacial score (nSPS) is 33.3. The predicted octanol–water partition coefficient (Wildman–Crippen LogP) is 4.21. The van der Waals surface area contributed by atoms with Gasteiger partial charge in [0.1, 0.15) is 0 Å². The van der Waals surface area contributed by atoms with E-state index in [9.17, 15) is 4.79 Å². The smallest absolute Gasteiger partial charge is 0.303 e. The zero-order valence-electron chi connectivity index (χ0n) is 11.9. The van der Waals surface area contributed by atoms with Crippen LogP contribution < -0.4 is 0 Å². The van der Waals surface area contributed by atoms with E-state index < -0.39 is 5.97 Å². The Morgan fingerprint density at radius 1 is 1.26 bits per heavy atom. The molecule has 0 aromatic carbocycles. The van der Waals surface area contributed by atoms with Crippen molar-refractivity contribution in [1.29, 1.82) is 0 Å². The van der Waals surface area contributed by atoms with Gasteiger partial charge in [0, 0.05) is 6.42 Å². The van der Waals surface area contributed by atoms with E-state index in [1.807, 2.05) is 11.8 Å². The summed E-state index contributed by atoms with van der Waals surface area (Å²) in [6, 6.07) is 0. The van der Waals surface area contributed by atoms with Crippen LogP contribution in [0.25, 0.3) is 0 Å². The summed E-state index contributed by atoms with van der Waals surface area (Å²) in [5, 5.41) is 8.58. The summed E-state index contributed by atoms with van der Waals surface area (Å²) in [4.78, 5) is 10.4. The first kappa shape index (κ1) is 15.0. The van der Waals surface area contributed by atoms with Gasteiger partial charge in [0.15, 0.2) is 0 Å². The summed E-state index contributed by atoms with van der Waals surface area (Å²) >= 11 is 2.00. The maximum Gasteiger partial charge on any atom is 0.303 e. The fourth-order valence-electron chi connectivity index (χ4n) is 4.09. The van der Waals surface area contributed by atoms with E-state index in [0.29, 0.717) is 6.42 Å². The molecule has 3 heteroatoms. The Morgan fingerprint density at radius 2 is 2.00 bits per heavy atom. The average molecular weight is 282 g/mol. The van der Waals surface area contributed by atoms with Crippen molar-refractivity contribution >= 4 is 17.7 Å². The minimum Gasteiger partial charge on any atom is -0.481 e. The van der Waals surface area contributed by atoms with Crippen LogP contribution in [0.1, 0.15) is 44.9 Å². The molecule has 0 radical (unpaired) electrons. The molecule has 108 valence electrons. The van der Waals surface area contributed by atoms with Gasteiger partial charge in [0.2, 0.25) is 0 Å². The van der Waals surface area contributed by atoms with E-state index in [0.717, 1.165) is 36.5 Å². The van der Waals surface area contributed by atoms with E-state index in [4.69, 9.17) is 5.11 Å². The van der Waals surface area contributed by atoms with Crippen molar-refractivity contribution in [2.45, 2.75) is 44.9 Å². The minimum absolute atomic E-state index is 0.299. The highest BCUT2D eigenvalue weighted by Gasteiger charge is 2.46. The lowest BCUT2D eigenvalue weighted by molar-refractivity contribution is -0.137. The summed E-state index contributed by atoms with van der Waals surface area (Å²) in [7, 11) is 0. The molecule has 2 aliphatic carbocycles. The number of unbranched alkanes of at least 4 members (excludes halogenated alkanes) is 1.